The van der Waals surface area contributed by atoms with Gasteiger partial charge in [-0.25, -0.2) is 8.78 Å². The number of carbonyl (C=O) groups excluding carboxylic acids is 1. The lowest BCUT2D eigenvalue weighted by atomic mass is 10.1. The number of alkyl halides is 1. The van der Waals surface area contributed by atoms with E-state index in [2.05, 4.69) is 37.2 Å². The van der Waals surface area contributed by atoms with Gasteiger partial charge in [0.05, 0.1) is 0 Å². The highest BCUT2D eigenvalue weighted by Crippen LogP contribution is 2.21. The predicted molar refractivity (Wildman–Crippen MR) is 81.1 cm³/mol. The van der Waals surface area contributed by atoms with Gasteiger partial charge in [0.2, 0.25) is 0 Å². The lowest BCUT2D eigenvalue weighted by Crippen LogP contribution is -2.16. The first kappa shape index (κ1) is 15.1. The lowest BCUT2D eigenvalue weighted by Gasteiger charge is -2.08. The van der Waals surface area contributed by atoms with Gasteiger partial charge in [-0.2, -0.15) is 0 Å². The zero-order chi connectivity index (χ0) is 14.7. The summed E-state index contributed by atoms with van der Waals surface area (Å²) in [5.41, 5.74) is 0.825. The minimum Gasteiger partial charge on any atom is -0.322 e. The van der Waals surface area contributed by atoms with E-state index in [4.69, 9.17) is 0 Å². The average molecular weight is 405 g/mol. The number of halogens is 4. The molecule has 2 nitrogen and oxygen atoms in total. The smallest absolute Gasteiger partial charge is 0.261 e. The number of anilines is 1. The fourth-order valence-corrected chi connectivity index (χ4v) is 2.44. The lowest BCUT2D eigenvalue weighted by molar-refractivity contribution is 0.101. The summed E-state index contributed by atoms with van der Waals surface area (Å²) in [6, 6.07) is 9.09. The van der Waals surface area contributed by atoms with Crippen molar-refractivity contribution < 1.29 is 13.6 Å². The van der Waals surface area contributed by atoms with Gasteiger partial charge in [-0.05, 0) is 29.8 Å². The Morgan fingerprint density at radius 1 is 1.15 bits per heavy atom. The molecule has 0 atom stereocenters. The van der Waals surface area contributed by atoms with Crippen molar-refractivity contribution in [2.45, 2.75) is 5.33 Å². The zero-order valence-corrected chi connectivity index (χ0v) is 13.3. The van der Waals surface area contributed by atoms with Gasteiger partial charge in [0.1, 0.15) is 17.2 Å². The number of rotatable bonds is 3. The van der Waals surface area contributed by atoms with E-state index in [0.29, 0.717) is 11.0 Å². The molecule has 2 aromatic carbocycles. The van der Waals surface area contributed by atoms with Crippen LogP contribution in [0, 0.1) is 11.6 Å². The third kappa shape index (κ3) is 3.43. The van der Waals surface area contributed by atoms with Crippen LogP contribution in [0.5, 0.6) is 0 Å². The number of amides is 1. The largest absolute Gasteiger partial charge is 0.322 e. The van der Waals surface area contributed by atoms with Crippen LogP contribution in [-0.4, -0.2) is 5.91 Å². The Balaban J connectivity index is 2.28. The molecule has 0 aromatic heterocycles. The third-order valence-corrected chi connectivity index (χ3v) is 3.68. The van der Waals surface area contributed by atoms with Crippen molar-refractivity contribution in [1.29, 1.82) is 0 Å². The van der Waals surface area contributed by atoms with Crippen molar-refractivity contribution >= 4 is 43.5 Å². The zero-order valence-electron chi connectivity index (χ0n) is 10.1. The highest BCUT2D eigenvalue weighted by Gasteiger charge is 2.18. The number of carbonyl (C=O) groups is 1. The van der Waals surface area contributed by atoms with E-state index in [0.717, 1.165) is 17.7 Å². The molecule has 0 fully saturated rings. The van der Waals surface area contributed by atoms with Crippen LogP contribution in [0.1, 0.15) is 15.9 Å². The first-order chi connectivity index (χ1) is 9.51. The minimum absolute atomic E-state index is 0.241. The summed E-state index contributed by atoms with van der Waals surface area (Å²) in [7, 11) is 0. The molecule has 2 aromatic rings. The summed E-state index contributed by atoms with van der Waals surface area (Å²) >= 11 is 6.26. The fraction of sp³-hybridized carbons (Fsp3) is 0.0714. The van der Waals surface area contributed by atoms with Gasteiger partial charge in [-0.1, -0.05) is 44.0 Å². The van der Waals surface area contributed by atoms with Gasteiger partial charge in [-0.15, -0.1) is 0 Å². The average Bonchev–Trinajstić information content (AvgIpc) is 2.37. The molecular weight excluding hydrogens is 396 g/mol. The maximum absolute atomic E-state index is 13.7. The first-order valence-electron chi connectivity index (χ1n) is 5.62. The van der Waals surface area contributed by atoms with Gasteiger partial charge >= 0.3 is 0 Å². The van der Waals surface area contributed by atoms with Crippen molar-refractivity contribution in [3.63, 3.8) is 0 Å². The van der Waals surface area contributed by atoms with Crippen LogP contribution in [0.15, 0.2) is 40.9 Å². The maximum Gasteiger partial charge on any atom is 0.261 e. The molecule has 6 heteroatoms. The summed E-state index contributed by atoms with van der Waals surface area (Å²) in [6.45, 7) is 0. The molecular formula is C14H9Br2F2NO. The molecule has 0 saturated heterocycles. The van der Waals surface area contributed by atoms with Crippen LogP contribution < -0.4 is 5.32 Å². The molecule has 0 unspecified atom stereocenters. The van der Waals surface area contributed by atoms with Crippen molar-refractivity contribution in [3.05, 3.63) is 63.6 Å². The summed E-state index contributed by atoms with van der Waals surface area (Å²) in [5, 5.41) is 3.10. The summed E-state index contributed by atoms with van der Waals surface area (Å²) in [5.74, 6) is -2.64. The molecule has 0 aliphatic heterocycles. The van der Waals surface area contributed by atoms with E-state index in [1.807, 2.05) is 6.07 Å². The van der Waals surface area contributed by atoms with Crippen LogP contribution in [-0.2, 0) is 5.33 Å². The van der Waals surface area contributed by atoms with E-state index >= 15 is 0 Å². The summed E-state index contributed by atoms with van der Waals surface area (Å²) in [6.07, 6.45) is 0. The molecule has 1 N–H and O–H groups in total. The SMILES string of the molecule is O=C(Nc1cccc(CBr)c1)c1c(F)cc(Br)cc1F. The van der Waals surface area contributed by atoms with Crippen molar-refractivity contribution in [2.75, 3.05) is 5.32 Å². The Morgan fingerprint density at radius 2 is 1.80 bits per heavy atom. The maximum atomic E-state index is 13.7. The second-order valence-corrected chi connectivity index (χ2v) is 5.51. The molecule has 0 radical (unpaired) electrons. The monoisotopic (exact) mass is 403 g/mol. The van der Waals surface area contributed by atoms with Crippen molar-refractivity contribution in [2.24, 2.45) is 0 Å². The normalized spacial score (nSPS) is 10.4. The van der Waals surface area contributed by atoms with Crippen LogP contribution in [0.3, 0.4) is 0 Å². The van der Waals surface area contributed by atoms with E-state index in [-0.39, 0.29) is 4.47 Å². The number of nitrogens with one attached hydrogen (secondary N) is 1. The van der Waals surface area contributed by atoms with E-state index in [9.17, 15) is 13.6 Å². The Hall–Kier alpha value is -1.27. The molecule has 1 amide bonds. The minimum atomic E-state index is -0.911. The topological polar surface area (TPSA) is 29.1 Å². The van der Waals surface area contributed by atoms with Gasteiger partial charge in [0.25, 0.3) is 5.91 Å². The van der Waals surface area contributed by atoms with Gasteiger partial charge in [-0.3, -0.25) is 4.79 Å². The molecule has 104 valence electrons. The molecule has 0 heterocycles. The third-order valence-electron chi connectivity index (χ3n) is 2.57. The Morgan fingerprint density at radius 3 is 2.40 bits per heavy atom. The molecule has 0 saturated carbocycles. The molecule has 0 aliphatic rings. The van der Waals surface area contributed by atoms with Gasteiger partial charge < -0.3 is 5.32 Å². The van der Waals surface area contributed by atoms with Crippen LogP contribution in [0.25, 0.3) is 0 Å². The van der Waals surface area contributed by atoms with Gasteiger partial charge in [0.15, 0.2) is 0 Å². The van der Waals surface area contributed by atoms with Crippen LogP contribution in [0.2, 0.25) is 0 Å². The van der Waals surface area contributed by atoms with Crippen molar-refractivity contribution in [3.8, 4) is 0 Å². The number of hydrogen-bond acceptors (Lipinski definition) is 1. The van der Waals surface area contributed by atoms with E-state index in [1.165, 1.54) is 0 Å². The highest BCUT2D eigenvalue weighted by atomic mass is 79.9. The molecule has 0 bridgehead atoms. The Labute approximate surface area is 131 Å². The summed E-state index contributed by atoms with van der Waals surface area (Å²) in [4.78, 5) is 11.9. The Bertz CT molecular complexity index is 638. The number of benzene rings is 2. The van der Waals surface area contributed by atoms with Crippen LogP contribution >= 0.6 is 31.9 Å². The highest BCUT2D eigenvalue weighted by molar-refractivity contribution is 9.10. The molecule has 20 heavy (non-hydrogen) atoms. The fourth-order valence-electron chi connectivity index (χ4n) is 1.68. The molecule has 2 rings (SSSR count). The quantitative estimate of drug-likeness (QED) is 0.726. The first-order valence-corrected chi connectivity index (χ1v) is 7.53. The second-order valence-electron chi connectivity index (χ2n) is 4.03. The van der Waals surface area contributed by atoms with Gasteiger partial charge in [0, 0.05) is 15.5 Å². The molecule has 0 aliphatic carbocycles. The van der Waals surface area contributed by atoms with Crippen molar-refractivity contribution in [1.82, 2.24) is 0 Å². The van der Waals surface area contributed by atoms with E-state index < -0.39 is 23.1 Å². The second kappa shape index (κ2) is 6.45. The standard InChI is InChI=1S/C14H9Br2F2NO/c15-7-8-2-1-3-10(4-8)19-14(20)13-11(17)5-9(16)6-12(13)18/h1-6H,7H2,(H,19,20). The Kier molecular flexibility index (Phi) is 4.88. The van der Waals surface area contributed by atoms with E-state index in [1.54, 1.807) is 18.2 Å². The summed E-state index contributed by atoms with van der Waals surface area (Å²) < 4.78 is 27.6. The number of hydrogen-bond donors (Lipinski definition) is 1. The van der Waals surface area contributed by atoms with Crippen LogP contribution in [0.4, 0.5) is 14.5 Å². The predicted octanol–water partition coefficient (Wildman–Crippen LogP) is 4.87. The molecule has 0 spiro atoms.